The number of aromatic hydroxyl groups is 1. The molecule has 0 aliphatic rings. The number of phenolic OH excluding ortho intramolecular Hbond substituents is 1. The van der Waals surface area contributed by atoms with Gasteiger partial charge in [-0.3, -0.25) is 10.9 Å². The Morgan fingerprint density at radius 2 is 1.21 bits per heavy atom. The van der Waals surface area contributed by atoms with Crippen molar-refractivity contribution in [3.63, 3.8) is 0 Å². The smallest absolute Gasteiger partial charge is 0.333 e. The molecule has 0 aliphatic heterocycles. The molecule has 0 atom stereocenters. The monoisotopic (exact) mass is 455 g/mol. The molecule has 0 fully saturated rings. The summed E-state index contributed by atoms with van der Waals surface area (Å²) in [6, 6.07) is 13.6. The third-order valence-electron chi connectivity index (χ3n) is 5.56. The van der Waals surface area contributed by atoms with Crippen LogP contribution in [0.15, 0.2) is 48.5 Å². The van der Waals surface area contributed by atoms with Crippen LogP contribution in [0, 0.1) is 0 Å². The molecule has 182 valence electrons. The van der Waals surface area contributed by atoms with Gasteiger partial charge in [-0.1, -0.05) is 77.6 Å². The number of phenols is 1. The van der Waals surface area contributed by atoms with Gasteiger partial charge in [0.05, 0.1) is 5.69 Å². The van der Waals surface area contributed by atoms with E-state index in [1.54, 1.807) is 36.4 Å². The first kappa shape index (κ1) is 26.4. The molecule has 0 bridgehead atoms. The lowest BCUT2D eigenvalue weighted by molar-refractivity contribution is 0.242. The molecule has 0 spiro atoms. The van der Waals surface area contributed by atoms with Crippen molar-refractivity contribution >= 4 is 11.7 Å². The summed E-state index contributed by atoms with van der Waals surface area (Å²) < 4.78 is 5.71. The summed E-state index contributed by atoms with van der Waals surface area (Å²) in [5.74, 6) is 1.51. The van der Waals surface area contributed by atoms with Gasteiger partial charge in [-0.25, -0.2) is 4.79 Å². The standard InChI is InChI=1S/C27H41N3O3/c1-2-3-4-5-6-7-8-9-10-11-12-13-22-28-27(32)30-29-23-14-18-25(19-15-23)33-26-20-16-24(31)17-21-26/h14-21,29,31H,2-13,22H2,1H3,(H2,28,30,32). The van der Waals surface area contributed by atoms with E-state index in [0.717, 1.165) is 18.5 Å². The number of carbonyl (C=O) groups excluding carboxylic acids is 1. The van der Waals surface area contributed by atoms with E-state index in [1.165, 1.54) is 64.2 Å². The fourth-order valence-corrected chi connectivity index (χ4v) is 3.60. The number of benzene rings is 2. The van der Waals surface area contributed by atoms with Crippen molar-refractivity contribution in [2.75, 3.05) is 12.0 Å². The van der Waals surface area contributed by atoms with E-state index in [9.17, 15) is 9.90 Å². The van der Waals surface area contributed by atoms with Crippen molar-refractivity contribution in [3.8, 4) is 17.2 Å². The third-order valence-corrected chi connectivity index (χ3v) is 5.56. The molecule has 4 N–H and O–H groups in total. The molecular weight excluding hydrogens is 414 g/mol. The van der Waals surface area contributed by atoms with Crippen LogP contribution in [0.1, 0.15) is 84.0 Å². The first-order valence-electron chi connectivity index (χ1n) is 12.5. The molecule has 2 rings (SSSR count). The summed E-state index contributed by atoms with van der Waals surface area (Å²) in [4.78, 5) is 11.9. The van der Waals surface area contributed by atoms with Gasteiger partial charge in [0.2, 0.25) is 0 Å². The topological polar surface area (TPSA) is 82.6 Å². The Hall–Kier alpha value is -2.89. The van der Waals surface area contributed by atoms with Gasteiger partial charge in [0.15, 0.2) is 0 Å². The van der Waals surface area contributed by atoms with Gasteiger partial charge < -0.3 is 15.2 Å². The highest BCUT2D eigenvalue weighted by atomic mass is 16.5. The van der Waals surface area contributed by atoms with Crippen LogP contribution in [0.4, 0.5) is 10.5 Å². The minimum absolute atomic E-state index is 0.199. The number of hydrazine groups is 1. The van der Waals surface area contributed by atoms with Gasteiger partial charge in [0.1, 0.15) is 17.2 Å². The van der Waals surface area contributed by atoms with Crippen molar-refractivity contribution < 1.29 is 14.6 Å². The lowest BCUT2D eigenvalue weighted by atomic mass is 10.1. The molecule has 6 nitrogen and oxygen atoms in total. The Kier molecular flexibility index (Phi) is 13.3. The minimum atomic E-state index is -0.234. The van der Waals surface area contributed by atoms with Crippen LogP contribution in [0.25, 0.3) is 0 Å². The maximum absolute atomic E-state index is 11.9. The van der Waals surface area contributed by atoms with Crippen LogP contribution in [-0.2, 0) is 0 Å². The predicted molar refractivity (Wildman–Crippen MR) is 136 cm³/mol. The van der Waals surface area contributed by atoms with Crippen LogP contribution >= 0.6 is 0 Å². The molecule has 2 amide bonds. The number of rotatable bonds is 17. The average molecular weight is 456 g/mol. The molecule has 0 aliphatic carbocycles. The zero-order valence-electron chi connectivity index (χ0n) is 20.1. The number of ether oxygens (including phenoxy) is 1. The maximum Gasteiger partial charge on any atom is 0.333 e. The summed E-state index contributed by atoms with van der Waals surface area (Å²) in [6.45, 7) is 2.95. The lowest BCUT2D eigenvalue weighted by Gasteiger charge is -2.11. The van der Waals surface area contributed by atoms with Crippen LogP contribution in [0.2, 0.25) is 0 Å². The number of nitrogens with one attached hydrogen (secondary N) is 3. The molecule has 0 unspecified atom stereocenters. The minimum Gasteiger partial charge on any atom is -0.508 e. The summed E-state index contributed by atoms with van der Waals surface area (Å²) >= 11 is 0. The van der Waals surface area contributed by atoms with E-state index in [0.29, 0.717) is 18.0 Å². The molecular formula is C27H41N3O3. The second kappa shape index (κ2) is 16.7. The molecule has 2 aromatic carbocycles. The van der Waals surface area contributed by atoms with Crippen molar-refractivity contribution in [1.82, 2.24) is 10.7 Å². The summed E-state index contributed by atoms with van der Waals surface area (Å²) in [5.41, 5.74) is 6.30. The highest BCUT2D eigenvalue weighted by Crippen LogP contribution is 2.24. The van der Waals surface area contributed by atoms with Crippen LogP contribution in [0.5, 0.6) is 17.2 Å². The van der Waals surface area contributed by atoms with Gasteiger partial charge in [0, 0.05) is 6.54 Å². The van der Waals surface area contributed by atoms with Crippen molar-refractivity contribution in [2.24, 2.45) is 0 Å². The van der Waals surface area contributed by atoms with Crippen molar-refractivity contribution in [3.05, 3.63) is 48.5 Å². The lowest BCUT2D eigenvalue weighted by Crippen LogP contribution is -2.39. The highest BCUT2D eigenvalue weighted by molar-refractivity contribution is 5.75. The largest absolute Gasteiger partial charge is 0.508 e. The van der Waals surface area contributed by atoms with Gasteiger partial charge in [-0.05, 0) is 55.0 Å². The van der Waals surface area contributed by atoms with Gasteiger partial charge >= 0.3 is 6.03 Å². The Labute approximate surface area is 199 Å². The first-order valence-corrected chi connectivity index (χ1v) is 12.5. The summed E-state index contributed by atoms with van der Waals surface area (Å²) in [7, 11) is 0. The first-order chi connectivity index (χ1) is 16.2. The Morgan fingerprint density at radius 3 is 1.76 bits per heavy atom. The van der Waals surface area contributed by atoms with E-state index in [2.05, 4.69) is 23.1 Å². The quantitative estimate of drug-likeness (QED) is 0.147. The number of unbranched alkanes of at least 4 members (excludes halogenated alkanes) is 11. The van der Waals surface area contributed by atoms with Crippen molar-refractivity contribution in [2.45, 2.75) is 84.0 Å². The van der Waals surface area contributed by atoms with Crippen LogP contribution < -0.4 is 20.9 Å². The molecule has 6 heteroatoms. The Balaban J connectivity index is 1.45. The summed E-state index contributed by atoms with van der Waals surface area (Å²) in [6.07, 6.45) is 15.7. The van der Waals surface area contributed by atoms with Gasteiger partial charge in [0.25, 0.3) is 0 Å². The molecule has 0 saturated carbocycles. The van der Waals surface area contributed by atoms with Crippen LogP contribution in [-0.4, -0.2) is 17.7 Å². The summed E-state index contributed by atoms with van der Waals surface area (Å²) in [5, 5.41) is 12.2. The number of anilines is 1. The van der Waals surface area contributed by atoms with E-state index in [1.807, 2.05) is 12.1 Å². The number of urea groups is 1. The number of carbonyl (C=O) groups is 1. The van der Waals surface area contributed by atoms with Gasteiger partial charge in [-0.15, -0.1) is 0 Å². The fourth-order valence-electron chi connectivity index (χ4n) is 3.60. The fraction of sp³-hybridized carbons (Fsp3) is 0.519. The predicted octanol–water partition coefficient (Wildman–Crippen LogP) is 7.51. The second-order valence-corrected chi connectivity index (χ2v) is 8.52. The van der Waals surface area contributed by atoms with E-state index >= 15 is 0 Å². The molecule has 0 saturated heterocycles. The molecule has 2 aromatic rings. The van der Waals surface area contributed by atoms with Gasteiger partial charge in [-0.2, -0.15) is 0 Å². The van der Waals surface area contributed by atoms with Crippen LogP contribution in [0.3, 0.4) is 0 Å². The van der Waals surface area contributed by atoms with E-state index in [-0.39, 0.29) is 11.8 Å². The normalized spacial score (nSPS) is 10.6. The number of hydrogen-bond donors (Lipinski definition) is 4. The third kappa shape index (κ3) is 12.7. The molecule has 0 heterocycles. The molecule has 0 radical (unpaired) electrons. The molecule has 33 heavy (non-hydrogen) atoms. The van der Waals surface area contributed by atoms with Crippen molar-refractivity contribution in [1.29, 1.82) is 0 Å². The zero-order chi connectivity index (χ0) is 23.6. The Morgan fingerprint density at radius 1 is 0.727 bits per heavy atom. The molecule has 0 aromatic heterocycles. The van der Waals surface area contributed by atoms with E-state index in [4.69, 9.17) is 4.74 Å². The number of hydrogen-bond acceptors (Lipinski definition) is 4. The maximum atomic E-state index is 11.9. The zero-order valence-corrected chi connectivity index (χ0v) is 20.1. The second-order valence-electron chi connectivity index (χ2n) is 8.52. The Bertz CT molecular complexity index is 763. The number of amides is 2. The highest BCUT2D eigenvalue weighted by Gasteiger charge is 2.01. The van der Waals surface area contributed by atoms with E-state index < -0.39 is 0 Å². The average Bonchev–Trinajstić information content (AvgIpc) is 2.83. The SMILES string of the molecule is CCCCCCCCCCCCCCNC(=O)NNc1ccc(Oc2ccc(O)cc2)cc1.